The number of rotatable bonds is 9. The van der Waals surface area contributed by atoms with Crippen LogP contribution in [-0.2, 0) is 0 Å². The van der Waals surface area contributed by atoms with Gasteiger partial charge in [0, 0.05) is 46.9 Å². The number of nitrogens with two attached hydrogens (primary N) is 3. The number of hydrogen-bond donors (Lipinski definition) is 4. The molecule has 6 heterocycles. The Balaban J connectivity index is 0.000000189. The lowest BCUT2D eigenvalue weighted by Crippen LogP contribution is -1.99. The summed E-state index contributed by atoms with van der Waals surface area (Å²) in [5.41, 5.74) is 23.4. The van der Waals surface area contributed by atoms with Crippen LogP contribution in [0, 0.1) is 6.92 Å². The number of aryl methyl sites for hydroxylation is 1. The van der Waals surface area contributed by atoms with Gasteiger partial charge in [0.15, 0.2) is 5.82 Å². The van der Waals surface area contributed by atoms with Crippen LogP contribution < -0.4 is 32.0 Å². The van der Waals surface area contributed by atoms with Gasteiger partial charge < -0.3 is 32.0 Å². The number of pyridine rings is 2. The van der Waals surface area contributed by atoms with Gasteiger partial charge >= 0.3 is 0 Å². The van der Waals surface area contributed by atoms with Crippen LogP contribution in [0.5, 0.6) is 23.3 Å². The Morgan fingerprint density at radius 1 is 0.569 bits per heavy atom. The van der Waals surface area contributed by atoms with Gasteiger partial charge in [-0.05, 0) is 109 Å². The summed E-state index contributed by atoms with van der Waals surface area (Å²) in [5.74, 6) is 3.23. The number of nitrogen functional groups attached to an aromatic ring is 3. The molecule has 3 aromatic carbocycles. The Labute approximate surface area is 336 Å². The van der Waals surface area contributed by atoms with E-state index in [1.54, 1.807) is 72.5 Å². The van der Waals surface area contributed by atoms with Gasteiger partial charge in [0.2, 0.25) is 23.7 Å². The molecule has 15 heteroatoms. The van der Waals surface area contributed by atoms with Crippen molar-refractivity contribution in [3.8, 4) is 56.3 Å². The molecule has 0 aliphatic rings. The molecule has 0 radical (unpaired) electrons. The maximum Gasteiger partial charge on any atom is 0.228 e. The van der Waals surface area contributed by atoms with E-state index in [9.17, 15) is 0 Å². The van der Waals surface area contributed by atoms with Gasteiger partial charge in [-0.3, -0.25) is 0 Å². The van der Waals surface area contributed by atoms with Gasteiger partial charge in [-0.1, -0.05) is 24.3 Å². The Kier molecular flexibility index (Phi) is 10.7. The van der Waals surface area contributed by atoms with Crippen LogP contribution in [0.3, 0.4) is 0 Å². The summed E-state index contributed by atoms with van der Waals surface area (Å²) in [4.78, 5) is 26.0. The van der Waals surface area contributed by atoms with E-state index < -0.39 is 0 Å². The molecular weight excluding hydrogens is 749 g/mol. The zero-order chi connectivity index (χ0) is 39.8. The Bertz CT molecular complexity index is 2830. The van der Waals surface area contributed by atoms with Crippen LogP contribution in [0.1, 0.15) is 5.56 Å². The van der Waals surface area contributed by atoms with Crippen molar-refractivity contribution in [3.63, 3.8) is 0 Å². The maximum absolute atomic E-state index is 6.08. The van der Waals surface area contributed by atoms with Crippen molar-refractivity contribution in [3.05, 3.63) is 151 Å². The molecule has 9 aromatic rings. The van der Waals surface area contributed by atoms with Crippen molar-refractivity contribution in [2.24, 2.45) is 0 Å². The van der Waals surface area contributed by atoms with Crippen molar-refractivity contribution in [2.75, 3.05) is 22.5 Å². The first-order valence-electron chi connectivity index (χ1n) is 17.8. The highest BCUT2D eigenvalue weighted by molar-refractivity contribution is 7.13. The minimum Gasteiger partial charge on any atom is -0.438 e. The fourth-order valence-electron chi connectivity index (χ4n) is 5.82. The molecule has 0 fully saturated rings. The lowest BCUT2D eigenvalue weighted by atomic mass is 10.1. The van der Waals surface area contributed by atoms with E-state index in [0.29, 0.717) is 46.2 Å². The number of thiophene rings is 1. The summed E-state index contributed by atoms with van der Waals surface area (Å²) in [6.07, 6.45) is 6.53. The van der Waals surface area contributed by atoms with Crippen molar-refractivity contribution < 1.29 is 9.47 Å². The standard InChI is InChI=1S/C28H21N7OS.C15H13N5O/c1-17-15-24(37-16-17)25-20-5-2-3-6-21(20)26(35-34-25)32-18-8-10-19(11-9-18)36-27-22(7-4-13-30-27)23-12-14-31-28(29)33-23;16-10-3-5-11(6-4-10)21-14-12(2-1-8-18-14)13-7-9-19-15(17)20-13/h2-16H,1H3,(H,32,35)(H2,29,31,33);1-9H,16H2,(H2,17,19,20). The molecule has 14 nitrogen and oxygen atoms in total. The summed E-state index contributed by atoms with van der Waals surface area (Å²) < 4.78 is 11.9. The molecular formula is C43H34N12O2S. The first-order chi connectivity index (χ1) is 28.4. The molecule has 0 aliphatic heterocycles. The number of fused-ring (bicyclic) bond motifs is 1. The van der Waals surface area contributed by atoms with Gasteiger partial charge in [-0.15, -0.1) is 21.5 Å². The second-order valence-electron chi connectivity index (χ2n) is 12.7. The number of ether oxygens (including phenoxy) is 2. The van der Waals surface area contributed by atoms with E-state index in [1.807, 2.05) is 60.7 Å². The van der Waals surface area contributed by atoms with E-state index in [-0.39, 0.29) is 11.9 Å². The molecule has 0 aliphatic carbocycles. The van der Waals surface area contributed by atoms with E-state index in [1.165, 1.54) is 5.56 Å². The molecule has 0 unspecified atom stereocenters. The van der Waals surface area contributed by atoms with Crippen molar-refractivity contribution in [1.82, 2.24) is 40.1 Å². The fourth-order valence-corrected chi connectivity index (χ4v) is 6.71. The smallest absolute Gasteiger partial charge is 0.228 e. The van der Waals surface area contributed by atoms with Crippen LogP contribution in [0.15, 0.2) is 145 Å². The highest BCUT2D eigenvalue weighted by Crippen LogP contribution is 2.36. The Morgan fingerprint density at radius 3 is 1.69 bits per heavy atom. The van der Waals surface area contributed by atoms with E-state index >= 15 is 0 Å². The quantitative estimate of drug-likeness (QED) is 0.101. The van der Waals surface area contributed by atoms with Crippen molar-refractivity contribution in [1.29, 1.82) is 0 Å². The molecule has 284 valence electrons. The van der Waals surface area contributed by atoms with Gasteiger partial charge in [0.25, 0.3) is 0 Å². The minimum atomic E-state index is 0.192. The summed E-state index contributed by atoms with van der Waals surface area (Å²) in [5, 5.41) is 16.6. The van der Waals surface area contributed by atoms with E-state index in [0.717, 1.165) is 38.2 Å². The lowest BCUT2D eigenvalue weighted by Gasteiger charge is -2.12. The normalized spacial score (nSPS) is 10.7. The molecule has 58 heavy (non-hydrogen) atoms. The van der Waals surface area contributed by atoms with E-state index in [4.69, 9.17) is 26.7 Å². The average molecular weight is 783 g/mol. The van der Waals surface area contributed by atoms with Crippen LogP contribution >= 0.6 is 11.3 Å². The number of nitrogens with one attached hydrogen (secondary N) is 1. The van der Waals surface area contributed by atoms with Crippen LogP contribution in [-0.4, -0.2) is 40.1 Å². The predicted octanol–water partition coefficient (Wildman–Crippen LogP) is 9.13. The van der Waals surface area contributed by atoms with Gasteiger partial charge in [-0.25, -0.2) is 29.9 Å². The third-order valence-electron chi connectivity index (χ3n) is 8.52. The molecule has 0 atom stereocenters. The van der Waals surface area contributed by atoms with Gasteiger partial charge in [0.1, 0.15) is 17.2 Å². The molecule has 6 aromatic heterocycles. The topological polar surface area (TPSA) is 212 Å². The Hall–Kier alpha value is -8.04. The SMILES string of the molecule is Cc1csc(-c2nnc(Nc3ccc(Oc4ncccc4-c4ccnc(N)n4)cc3)c3ccccc23)c1.Nc1ccc(Oc2ncccc2-c2ccnc(N)n2)cc1. The molecule has 7 N–H and O–H groups in total. The third-order valence-corrected chi connectivity index (χ3v) is 9.57. The van der Waals surface area contributed by atoms with Crippen molar-refractivity contribution >= 4 is 51.2 Å². The number of anilines is 5. The van der Waals surface area contributed by atoms with Crippen molar-refractivity contribution in [2.45, 2.75) is 6.92 Å². The third kappa shape index (κ3) is 8.59. The fraction of sp³-hybridized carbons (Fsp3) is 0.0233. The molecule has 0 bridgehead atoms. The monoisotopic (exact) mass is 782 g/mol. The number of hydrogen-bond acceptors (Lipinski definition) is 15. The van der Waals surface area contributed by atoms with Crippen LogP contribution in [0.4, 0.5) is 29.1 Å². The molecule has 0 amide bonds. The first-order valence-corrected chi connectivity index (χ1v) is 18.7. The molecule has 0 saturated heterocycles. The number of aromatic nitrogens is 8. The van der Waals surface area contributed by atoms with Crippen LogP contribution in [0.25, 0.3) is 43.9 Å². The summed E-state index contributed by atoms with van der Waals surface area (Å²) in [6, 6.07) is 35.9. The second kappa shape index (κ2) is 16.8. The summed E-state index contributed by atoms with van der Waals surface area (Å²) in [6.45, 7) is 2.08. The van der Waals surface area contributed by atoms with Gasteiger partial charge in [0.05, 0.1) is 27.4 Å². The highest BCUT2D eigenvalue weighted by Gasteiger charge is 2.14. The predicted molar refractivity (Wildman–Crippen MR) is 228 cm³/mol. The number of benzene rings is 3. The summed E-state index contributed by atoms with van der Waals surface area (Å²) >= 11 is 1.67. The zero-order valence-corrected chi connectivity index (χ0v) is 31.7. The lowest BCUT2D eigenvalue weighted by molar-refractivity contribution is 0.464. The summed E-state index contributed by atoms with van der Waals surface area (Å²) in [7, 11) is 0. The Morgan fingerprint density at radius 2 is 1.14 bits per heavy atom. The van der Waals surface area contributed by atoms with E-state index in [2.05, 4.69) is 75.9 Å². The number of nitrogens with zero attached hydrogens (tertiary/aromatic N) is 8. The average Bonchev–Trinajstić information content (AvgIpc) is 3.69. The second-order valence-corrected chi connectivity index (χ2v) is 13.6. The largest absolute Gasteiger partial charge is 0.438 e. The zero-order valence-electron chi connectivity index (χ0n) is 30.9. The minimum absolute atomic E-state index is 0.192. The van der Waals surface area contributed by atoms with Gasteiger partial charge in [-0.2, -0.15) is 0 Å². The molecule has 9 rings (SSSR count). The maximum atomic E-state index is 6.08. The first kappa shape index (κ1) is 36.9. The van der Waals surface area contributed by atoms with Crippen LogP contribution in [0.2, 0.25) is 0 Å². The molecule has 0 saturated carbocycles. The molecule has 0 spiro atoms. The highest BCUT2D eigenvalue weighted by atomic mass is 32.1.